The predicted molar refractivity (Wildman–Crippen MR) is 50.3 cm³/mol. The van der Waals surface area contributed by atoms with Crippen LogP contribution in [0.4, 0.5) is 0 Å². The molecule has 0 bridgehead atoms. The summed E-state index contributed by atoms with van der Waals surface area (Å²) in [6.07, 6.45) is 2.57. The number of fused-ring (bicyclic) bond motifs is 1. The molecule has 0 radical (unpaired) electrons. The number of aromatic nitrogens is 2. The van der Waals surface area contributed by atoms with Crippen LogP contribution in [0.1, 0.15) is 30.7 Å². The molecule has 1 atom stereocenters. The van der Waals surface area contributed by atoms with Crippen molar-refractivity contribution in [2.45, 2.75) is 25.7 Å². The van der Waals surface area contributed by atoms with Gasteiger partial charge in [0.05, 0.1) is 31.1 Å². The number of hydrogen-bond acceptors (Lipinski definition) is 4. The van der Waals surface area contributed by atoms with Gasteiger partial charge < -0.3 is 4.74 Å². The van der Waals surface area contributed by atoms with Crippen molar-refractivity contribution in [3.8, 4) is 5.88 Å². The summed E-state index contributed by atoms with van der Waals surface area (Å²) in [4.78, 5) is 19.8. The van der Waals surface area contributed by atoms with Gasteiger partial charge in [-0.3, -0.25) is 9.78 Å². The van der Waals surface area contributed by atoms with Crippen molar-refractivity contribution in [2.24, 2.45) is 0 Å². The number of Topliss-reactive ketones (excluding diaryl/α,β-unsaturated/α-hetero) is 1. The van der Waals surface area contributed by atoms with Gasteiger partial charge in [0.15, 0.2) is 0 Å². The highest BCUT2D eigenvalue weighted by Gasteiger charge is 2.24. The van der Waals surface area contributed by atoms with E-state index in [2.05, 4.69) is 9.97 Å². The van der Waals surface area contributed by atoms with Gasteiger partial charge in [0.25, 0.3) is 0 Å². The molecule has 0 aromatic carbocycles. The van der Waals surface area contributed by atoms with Crippen molar-refractivity contribution >= 4 is 5.78 Å². The molecular formula is C10H12N2O2. The molecule has 1 heterocycles. The second-order valence-electron chi connectivity index (χ2n) is 3.56. The third kappa shape index (κ3) is 1.47. The molecule has 4 heteroatoms. The zero-order valence-electron chi connectivity index (χ0n) is 8.28. The van der Waals surface area contributed by atoms with Crippen LogP contribution in [0, 0.1) is 0 Å². The van der Waals surface area contributed by atoms with Gasteiger partial charge in [-0.15, -0.1) is 0 Å². The maximum atomic E-state index is 11.3. The highest BCUT2D eigenvalue weighted by atomic mass is 16.5. The van der Waals surface area contributed by atoms with Crippen molar-refractivity contribution in [3.05, 3.63) is 17.6 Å². The fraction of sp³-hybridized carbons (Fsp3) is 0.500. The van der Waals surface area contributed by atoms with Crippen molar-refractivity contribution in [2.75, 3.05) is 7.11 Å². The maximum Gasteiger partial charge on any atom is 0.232 e. The molecule has 0 aliphatic heterocycles. The lowest BCUT2D eigenvalue weighted by Crippen LogP contribution is -2.19. The van der Waals surface area contributed by atoms with Crippen molar-refractivity contribution < 1.29 is 9.53 Å². The van der Waals surface area contributed by atoms with E-state index < -0.39 is 0 Å². The number of rotatable bonds is 1. The van der Waals surface area contributed by atoms with E-state index in [4.69, 9.17) is 4.74 Å². The predicted octanol–water partition coefficient (Wildman–Crippen LogP) is 1.10. The SMILES string of the molecule is COc1cnc2c(n1)CC(=O)CC2C. The average Bonchev–Trinajstić information content (AvgIpc) is 2.16. The average molecular weight is 192 g/mol. The van der Waals surface area contributed by atoms with Gasteiger partial charge in [0.2, 0.25) is 5.88 Å². The first-order valence-corrected chi connectivity index (χ1v) is 4.62. The lowest BCUT2D eigenvalue weighted by molar-refractivity contribution is -0.119. The van der Waals surface area contributed by atoms with Crippen molar-refractivity contribution in [1.82, 2.24) is 9.97 Å². The molecule has 74 valence electrons. The topological polar surface area (TPSA) is 52.1 Å². The Morgan fingerprint density at radius 2 is 2.36 bits per heavy atom. The van der Waals surface area contributed by atoms with Crippen molar-refractivity contribution in [3.63, 3.8) is 0 Å². The monoisotopic (exact) mass is 192 g/mol. The molecular weight excluding hydrogens is 180 g/mol. The van der Waals surface area contributed by atoms with E-state index in [0.717, 1.165) is 11.4 Å². The Bertz CT molecular complexity index is 376. The van der Waals surface area contributed by atoms with Gasteiger partial charge in [0, 0.05) is 12.3 Å². The number of ketones is 1. The van der Waals surface area contributed by atoms with Gasteiger partial charge in [-0.2, -0.15) is 0 Å². The summed E-state index contributed by atoms with van der Waals surface area (Å²) in [7, 11) is 1.55. The Labute approximate surface area is 82.3 Å². The van der Waals surface area contributed by atoms with Crippen LogP contribution < -0.4 is 4.74 Å². The third-order valence-corrected chi connectivity index (χ3v) is 2.43. The summed E-state index contributed by atoms with van der Waals surface area (Å²) in [5.41, 5.74) is 1.71. The van der Waals surface area contributed by atoms with Crippen LogP contribution in [0.25, 0.3) is 0 Å². The van der Waals surface area contributed by atoms with E-state index in [1.165, 1.54) is 0 Å². The second kappa shape index (κ2) is 3.36. The Kier molecular flexibility index (Phi) is 2.19. The van der Waals surface area contributed by atoms with E-state index in [-0.39, 0.29) is 11.7 Å². The molecule has 1 aromatic rings. The maximum absolute atomic E-state index is 11.3. The molecule has 0 N–H and O–H groups in total. The molecule has 0 saturated heterocycles. The number of methoxy groups -OCH3 is 1. The molecule has 1 aliphatic rings. The fourth-order valence-corrected chi connectivity index (χ4v) is 1.76. The minimum absolute atomic E-state index is 0.185. The molecule has 0 spiro atoms. The van der Waals surface area contributed by atoms with E-state index in [1.807, 2.05) is 6.92 Å². The van der Waals surface area contributed by atoms with E-state index >= 15 is 0 Å². The number of hydrogen-bond donors (Lipinski definition) is 0. The molecule has 14 heavy (non-hydrogen) atoms. The minimum atomic E-state index is 0.185. The number of ether oxygens (including phenoxy) is 1. The minimum Gasteiger partial charge on any atom is -0.480 e. The zero-order valence-corrected chi connectivity index (χ0v) is 8.28. The number of nitrogens with zero attached hydrogens (tertiary/aromatic N) is 2. The van der Waals surface area contributed by atoms with E-state index in [1.54, 1.807) is 13.3 Å². The van der Waals surface area contributed by atoms with Gasteiger partial charge in [0.1, 0.15) is 5.78 Å². The van der Waals surface area contributed by atoms with Gasteiger partial charge >= 0.3 is 0 Å². The van der Waals surface area contributed by atoms with Gasteiger partial charge in [-0.25, -0.2) is 4.98 Å². The lowest BCUT2D eigenvalue weighted by Gasteiger charge is -2.19. The summed E-state index contributed by atoms with van der Waals surface area (Å²) >= 11 is 0. The molecule has 0 saturated carbocycles. The first-order valence-electron chi connectivity index (χ1n) is 4.62. The highest BCUT2D eigenvalue weighted by Crippen LogP contribution is 2.27. The molecule has 1 unspecified atom stereocenters. The molecule has 0 amide bonds. The zero-order chi connectivity index (χ0) is 10.1. The number of carbonyl (C=O) groups excluding carboxylic acids is 1. The third-order valence-electron chi connectivity index (χ3n) is 2.43. The molecule has 4 nitrogen and oxygen atoms in total. The second-order valence-corrected chi connectivity index (χ2v) is 3.56. The first-order chi connectivity index (χ1) is 6.70. The summed E-state index contributed by atoms with van der Waals surface area (Å²) in [5.74, 6) is 0.892. The Morgan fingerprint density at radius 1 is 1.57 bits per heavy atom. The summed E-state index contributed by atoms with van der Waals surface area (Å²) in [6.45, 7) is 2.00. The largest absolute Gasteiger partial charge is 0.480 e. The summed E-state index contributed by atoms with van der Waals surface area (Å²) in [5, 5.41) is 0. The molecule has 2 rings (SSSR count). The van der Waals surface area contributed by atoms with Crippen LogP contribution >= 0.6 is 0 Å². The van der Waals surface area contributed by atoms with Crippen LogP contribution in [0.3, 0.4) is 0 Å². The van der Waals surface area contributed by atoms with Gasteiger partial charge in [-0.05, 0) is 0 Å². The van der Waals surface area contributed by atoms with E-state index in [9.17, 15) is 4.79 Å². The van der Waals surface area contributed by atoms with Crippen LogP contribution in [-0.4, -0.2) is 22.9 Å². The Balaban J connectivity index is 2.43. The fourth-order valence-electron chi connectivity index (χ4n) is 1.76. The molecule has 1 aliphatic carbocycles. The molecule has 1 aromatic heterocycles. The lowest BCUT2D eigenvalue weighted by atomic mass is 9.90. The first kappa shape index (κ1) is 9.12. The smallest absolute Gasteiger partial charge is 0.232 e. The van der Waals surface area contributed by atoms with Crippen molar-refractivity contribution in [1.29, 1.82) is 0 Å². The highest BCUT2D eigenvalue weighted by molar-refractivity contribution is 5.83. The number of carbonyl (C=O) groups is 1. The van der Waals surface area contributed by atoms with Crippen LogP contribution in [0.5, 0.6) is 5.88 Å². The quantitative estimate of drug-likeness (QED) is 0.668. The van der Waals surface area contributed by atoms with Crippen LogP contribution in [-0.2, 0) is 11.2 Å². The normalized spacial score (nSPS) is 20.4. The Morgan fingerprint density at radius 3 is 3.07 bits per heavy atom. The summed E-state index contributed by atoms with van der Waals surface area (Å²) < 4.78 is 4.97. The Hall–Kier alpha value is -1.45. The van der Waals surface area contributed by atoms with Gasteiger partial charge in [-0.1, -0.05) is 6.92 Å². The standard InChI is InChI=1S/C10H12N2O2/c1-6-3-7(13)4-8-10(6)11-5-9(12-8)14-2/h5-6H,3-4H2,1-2H3. The summed E-state index contributed by atoms with van der Waals surface area (Å²) in [6, 6.07) is 0. The molecule has 0 fully saturated rings. The van der Waals surface area contributed by atoms with E-state index in [0.29, 0.717) is 18.7 Å². The van der Waals surface area contributed by atoms with Crippen LogP contribution in [0.15, 0.2) is 6.20 Å². The van der Waals surface area contributed by atoms with Crippen LogP contribution in [0.2, 0.25) is 0 Å².